The molecule has 0 aliphatic carbocycles. The molecule has 1 aliphatic rings. The lowest BCUT2D eigenvalue weighted by Crippen LogP contribution is -2.23. The molecule has 1 saturated heterocycles. The molecule has 6 heteroatoms. The Morgan fingerprint density at radius 2 is 2.18 bits per heavy atom. The van der Waals surface area contributed by atoms with E-state index in [-0.39, 0.29) is 11.7 Å². The third-order valence-corrected chi connectivity index (χ3v) is 4.74. The summed E-state index contributed by atoms with van der Waals surface area (Å²) in [5.41, 5.74) is 1.78. The first-order valence-corrected chi connectivity index (χ1v) is 8.08. The average Bonchev–Trinajstić information content (AvgIpc) is 3.01. The Kier molecular flexibility index (Phi) is 4.59. The van der Waals surface area contributed by atoms with Crippen LogP contribution in [0.3, 0.4) is 0 Å². The minimum atomic E-state index is -0.146. The lowest BCUT2D eigenvalue weighted by atomic mass is 9.95. The van der Waals surface area contributed by atoms with Gasteiger partial charge in [0.1, 0.15) is 4.47 Å². The molecule has 1 N–H and O–H groups in total. The van der Waals surface area contributed by atoms with Gasteiger partial charge in [-0.05, 0) is 27.9 Å². The van der Waals surface area contributed by atoms with Gasteiger partial charge in [-0.15, -0.1) is 0 Å². The number of anilines is 1. The van der Waals surface area contributed by atoms with Crippen LogP contribution in [-0.2, 0) is 11.8 Å². The Morgan fingerprint density at radius 1 is 1.41 bits per heavy atom. The van der Waals surface area contributed by atoms with Gasteiger partial charge in [0.2, 0.25) is 0 Å². The Labute approximate surface area is 137 Å². The van der Waals surface area contributed by atoms with E-state index in [0.29, 0.717) is 10.4 Å². The highest BCUT2D eigenvalue weighted by Crippen LogP contribution is 2.34. The van der Waals surface area contributed by atoms with Crippen LogP contribution < -0.4 is 10.9 Å². The van der Waals surface area contributed by atoms with E-state index in [9.17, 15) is 4.79 Å². The van der Waals surface area contributed by atoms with Crippen molar-refractivity contribution in [1.29, 1.82) is 0 Å². The molecule has 2 aromatic rings. The van der Waals surface area contributed by atoms with Crippen LogP contribution in [0.4, 0.5) is 5.69 Å². The Hall–Kier alpha value is -1.66. The molecule has 0 saturated carbocycles. The number of halogens is 1. The van der Waals surface area contributed by atoms with E-state index in [1.54, 1.807) is 13.2 Å². The number of nitrogens with one attached hydrogen (secondary N) is 1. The van der Waals surface area contributed by atoms with E-state index in [2.05, 4.69) is 38.5 Å². The van der Waals surface area contributed by atoms with E-state index in [0.717, 1.165) is 25.3 Å². The maximum Gasteiger partial charge on any atom is 0.282 e. The number of aromatic nitrogens is 2. The summed E-state index contributed by atoms with van der Waals surface area (Å²) in [4.78, 5) is 11.9. The van der Waals surface area contributed by atoms with Gasteiger partial charge < -0.3 is 10.1 Å². The molecule has 22 heavy (non-hydrogen) atoms. The molecule has 3 rings (SSSR count). The molecule has 116 valence electrons. The number of aryl methyl sites for hydroxylation is 1. The highest BCUT2D eigenvalue weighted by Gasteiger charge is 2.29. The van der Waals surface area contributed by atoms with E-state index >= 15 is 0 Å². The quantitative estimate of drug-likeness (QED) is 0.907. The summed E-state index contributed by atoms with van der Waals surface area (Å²) < 4.78 is 7.70. The van der Waals surface area contributed by atoms with Crippen LogP contribution in [0.25, 0.3) is 0 Å². The first-order chi connectivity index (χ1) is 10.7. The van der Waals surface area contributed by atoms with Crippen molar-refractivity contribution in [2.75, 3.05) is 18.5 Å². The SMILES string of the molecule is Cn1ncc(NCC2CCOC2c2ccccc2)c(Br)c1=O. The number of hydrogen-bond donors (Lipinski definition) is 1. The van der Waals surface area contributed by atoms with Crippen molar-refractivity contribution in [2.45, 2.75) is 12.5 Å². The summed E-state index contributed by atoms with van der Waals surface area (Å²) in [6.45, 7) is 1.51. The second-order valence-electron chi connectivity index (χ2n) is 5.43. The number of hydrogen-bond acceptors (Lipinski definition) is 4. The maximum atomic E-state index is 11.9. The first kappa shape index (κ1) is 15.2. The fraction of sp³-hybridized carbons (Fsp3) is 0.375. The molecule has 1 aliphatic heterocycles. The third kappa shape index (κ3) is 3.08. The topological polar surface area (TPSA) is 56.1 Å². The van der Waals surface area contributed by atoms with Gasteiger partial charge in [-0.25, -0.2) is 4.68 Å². The zero-order valence-electron chi connectivity index (χ0n) is 12.3. The van der Waals surface area contributed by atoms with Crippen molar-refractivity contribution < 1.29 is 4.74 Å². The van der Waals surface area contributed by atoms with E-state index in [4.69, 9.17) is 4.74 Å². The van der Waals surface area contributed by atoms with Crippen LogP contribution in [-0.4, -0.2) is 22.9 Å². The molecule has 5 nitrogen and oxygen atoms in total. The van der Waals surface area contributed by atoms with Crippen molar-refractivity contribution in [3.8, 4) is 0 Å². The van der Waals surface area contributed by atoms with Crippen molar-refractivity contribution in [3.05, 3.63) is 56.9 Å². The molecule has 2 atom stereocenters. The van der Waals surface area contributed by atoms with Crippen molar-refractivity contribution >= 4 is 21.6 Å². The van der Waals surface area contributed by atoms with Gasteiger partial charge in [0.15, 0.2) is 0 Å². The third-order valence-electron chi connectivity index (χ3n) is 3.98. The zero-order chi connectivity index (χ0) is 15.5. The van der Waals surface area contributed by atoms with Gasteiger partial charge in [0.25, 0.3) is 5.56 Å². The smallest absolute Gasteiger partial charge is 0.282 e. The summed E-state index contributed by atoms with van der Waals surface area (Å²) >= 11 is 3.33. The number of nitrogens with zero attached hydrogens (tertiary/aromatic N) is 2. The van der Waals surface area contributed by atoms with Gasteiger partial charge >= 0.3 is 0 Å². The summed E-state index contributed by atoms with van der Waals surface area (Å²) in [5, 5.41) is 7.36. The molecule has 0 amide bonds. The van der Waals surface area contributed by atoms with Crippen molar-refractivity contribution in [1.82, 2.24) is 9.78 Å². The molecule has 2 heterocycles. The van der Waals surface area contributed by atoms with Crippen molar-refractivity contribution in [3.63, 3.8) is 0 Å². The van der Waals surface area contributed by atoms with Crippen LogP contribution in [0.1, 0.15) is 18.1 Å². The fourth-order valence-electron chi connectivity index (χ4n) is 2.73. The lowest BCUT2D eigenvalue weighted by molar-refractivity contribution is 0.0933. The highest BCUT2D eigenvalue weighted by molar-refractivity contribution is 9.10. The second kappa shape index (κ2) is 6.62. The van der Waals surface area contributed by atoms with Gasteiger partial charge in [0, 0.05) is 26.1 Å². The standard InChI is InChI=1S/C16H18BrN3O2/c1-20-16(21)14(17)13(10-19-20)18-9-12-7-8-22-15(12)11-5-3-2-4-6-11/h2-6,10,12,15,18H,7-9H2,1H3. The monoisotopic (exact) mass is 363 g/mol. The number of benzene rings is 1. The van der Waals surface area contributed by atoms with Crippen LogP contribution in [0.15, 0.2) is 45.8 Å². The fourth-order valence-corrected chi connectivity index (χ4v) is 3.23. The zero-order valence-corrected chi connectivity index (χ0v) is 13.9. The molecule has 2 unspecified atom stereocenters. The molecular formula is C16H18BrN3O2. The van der Waals surface area contributed by atoms with Gasteiger partial charge in [-0.2, -0.15) is 5.10 Å². The number of ether oxygens (including phenoxy) is 1. The van der Waals surface area contributed by atoms with Crippen LogP contribution in [0.2, 0.25) is 0 Å². The molecule has 1 aromatic carbocycles. The Bertz CT molecular complexity index is 702. The van der Waals surface area contributed by atoms with Crippen LogP contribution >= 0.6 is 15.9 Å². The first-order valence-electron chi connectivity index (χ1n) is 7.29. The lowest BCUT2D eigenvalue weighted by Gasteiger charge is -2.20. The summed E-state index contributed by atoms with van der Waals surface area (Å²) in [5.74, 6) is 0.373. The van der Waals surface area contributed by atoms with Gasteiger partial charge in [-0.1, -0.05) is 30.3 Å². The summed E-state index contributed by atoms with van der Waals surface area (Å²) in [7, 11) is 1.63. The Balaban J connectivity index is 1.71. The molecule has 0 spiro atoms. The average molecular weight is 364 g/mol. The molecule has 0 radical (unpaired) electrons. The van der Waals surface area contributed by atoms with E-state index in [1.807, 2.05) is 18.2 Å². The largest absolute Gasteiger partial charge is 0.382 e. The van der Waals surface area contributed by atoms with Crippen molar-refractivity contribution in [2.24, 2.45) is 13.0 Å². The minimum absolute atomic E-state index is 0.104. The van der Waals surface area contributed by atoms with Crippen LogP contribution in [0, 0.1) is 5.92 Å². The molecule has 0 bridgehead atoms. The predicted octanol–water partition coefficient (Wildman–Crippen LogP) is 2.73. The normalized spacial score (nSPS) is 21.0. The summed E-state index contributed by atoms with van der Waals surface area (Å²) in [6, 6.07) is 10.3. The second-order valence-corrected chi connectivity index (χ2v) is 6.23. The number of rotatable bonds is 4. The van der Waals surface area contributed by atoms with Gasteiger partial charge in [0.05, 0.1) is 18.0 Å². The molecule has 1 aromatic heterocycles. The van der Waals surface area contributed by atoms with Crippen LogP contribution in [0.5, 0.6) is 0 Å². The Morgan fingerprint density at radius 3 is 2.95 bits per heavy atom. The van der Waals surface area contributed by atoms with E-state index < -0.39 is 0 Å². The summed E-state index contributed by atoms with van der Waals surface area (Å²) in [6.07, 6.45) is 2.77. The minimum Gasteiger partial charge on any atom is -0.382 e. The molecular weight excluding hydrogens is 346 g/mol. The van der Waals surface area contributed by atoms with E-state index in [1.165, 1.54) is 10.2 Å². The molecule has 1 fully saturated rings. The maximum absolute atomic E-state index is 11.9. The van der Waals surface area contributed by atoms with Gasteiger partial charge in [-0.3, -0.25) is 4.79 Å². The highest BCUT2D eigenvalue weighted by atomic mass is 79.9. The predicted molar refractivity (Wildman–Crippen MR) is 88.9 cm³/mol.